The molecule has 0 unspecified atom stereocenters. The minimum Gasteiger partial charge on any atom is -0.497 e. The number of rotatable bonds is 10. The summed E-state index contributed by atoms with van der Waals surface area (Å²) in [5.74, 6) is 0.740. The molecule has 9 nitrogen and oxygen atoms in total. The molecule has 0 saturated heterocycles. The van der Waals surface area contributed by atoms with Gasteiger partial charge >= 0.3 is 6.03 Å². The van der Waals surface area contributed by atoms with Crippen LogP contribution in [0.3, 0.4) is 0 Å². The van der Waals surface area contributed by atoms with Gasteiger partial charge in [0.2, 0.25) is 5.91 Å². The quantitative estimate of drug-likeness (QED) is 0.299. The van der Waals surface area contributed by atoms with Gasteiger partial charge in [-0.25, -0.2) is 17.9 Å². The van der Waals surface area contributed by atoms with Crippen LogP contribution in [0.15, 0.2) is 107 Å². The highest BCUT2D eigenvalue weighted by molar-refractivity contribution is 7.90. The van der Waals surface area contributed by atoms with Gasteiger partial charge in [-0.05, 0) is 61.0 Å². The Morgan fingerprint density at radius 1 is 0.949 bits per heavy atom. The summed E-state index contributed by atoms with van der Waals surface area (Å²) in [6.07, 6.45) is 1.64. The summed E-state index contributed by atoms with van der Waals surface area (Å²) in [5.41, 5.74) is 1.96. The van der Waals surface area contributed by atoms with Crippen molar-refractivity contribution in [1.29, 1.82) is 0 Å². The van der Waals surface area contributed by atoms with Crippen LogP contribution in [0.1, 0.15) is 12.5 Å². The van der Waals surface area contributed by atoms with Crippen molar-refractivity contribution in [3.8, 4) is 17.1 Å². The molecule has 0 bridgehead atoms. The highest BCUT2D eigenvalue weighted by Crippen LogP contribution is 2.23. The molecule has 0 saturated carbocycles. The number of carbonyl (C=O) groups excluding carboxylic acids is 2. The van der Waals surface area contributed by atoms with E-state index >= 15 is 0 Å². The maximum absolute atomic E-state index is 13.7. The van der Waals surface area contributed by atoms with Crippen molar-refractivity contribution in [2.45, 2.75) is 24.3 Å². The number of nitrogens with zero attached hydrogens (tertiary/aromatic N) is 1. The van der Waals surface area contributed by atoms with Crippen LogP contribution < -0.4 is 19.7 Å². The molecule has 39 heavy (non-hydrogen) atoms. The average molecular weight is 548 g/mol. The molecule has 1 aromatic heterocycles. The van der Waals surface area contributed by atoms with Crippen molar-refractivity contribution in [3.63, 3.8) is 0 Å². The lowest BCUT2D eigenvalue weighted by molar-refractivity contribution is -0.120. The van der Waals surface area contributed by atoms with E-state index in [4.69, 9.17) is 9.15 Å². The number of ether oxygens (including phenoxy) is 1. The normalized spacial score (nSPS) is 11.8. The molecule has 10 heteroatoms. The molecule has 4 aromatic rings. The molecule has 0 aliphatic rings. The van der Waals surface area contributed by atoms with Gasteiger partial charge in [-0.3, -0.25) is 4.79 Å². The molecule has 3 amide bonds. The number of sulfonamides is 1. The lowest BCUT2D eigenvalue weighted by atomic mass is 10.0. The smallest absolute Gasteiger partial charge is 0.329 e. The van der Waals surface area contributed by atoms with Crippen LogP contribution in [-0.2, 0) is 21.2 Å². The molecule has 0 aliphatic heterocycles. The van der Waals surface area contributed by atoms with Gasteiger partial charge in [-0.2, -0.15) is 0 Å². The van der Waals surface area contributed by atoms with Gasteiger partial charge in [0.25, 0.3) is 10.0 Å². The number of furan rings is 1. The highest BCUT2D eigenvalue weighted by atomic mass is 32.2. The van der Waals surface area contributed by atoms with E-state index in [9.17, 15) is 18.0 Å². The number of carbonyl (C=O) groups is 2. The fourth-order valence-electron chi connectivity index (χ4n) is 4.09. The monoisotopic (exact) mass is 547 g/mol. The van der Waals surface area contributed by atoms with Crippen LogP contribution >= 0.6 is 0 Å². The number of nitrogens with one attached hydrogen (secondary N) is 2. The molecule has 0 aliphatic carbocycles. The second kappa shape index (κ2) is 12.3. The number of likely N-dealkylation sites (N-methyl/N-ethyl adjacent to an activating group) is 1. The molecule has 1 heterocycles. The van der Waals surface area contributed by atoms with Crippen molar-refractivity contribution in [2.75, 3.05) is 18.6 Å². The first-order valence-electron chi connectivity index (χ1n) is 12.3. The fourth-order valence-corrected chi connectivity index (χ4v) is 5.05. The molecule has 0 spiro atoms. The topological polar surface area (TPSA) is 118 Å². The molecule has 3 aromatic carbocycles. The fraction of sp³-hybridized carbons (Fsp3) is 0.172. The molecule has 0 fully saturated rings. The van der Waals surface area contributed by atoms with E-state index in [2.05, 4.69) is 5.32 Å². The first kappa shape index (κ1) is 27.5. The van der Waals surface area contributed by atoms with Gasteiger partial charge in [0, 0.05) is 24.2 Å². The molecule has 0 radical (unpaired) electrons. The minimum absolute atomic E-state index is 0.120. The zero-order valence-electron chi connectivity index (χ0n) is 21.5. The van der Waals surface area contributed by atoms with Crippen LogP contribution in [-0.4, -0.2) is 40.1 Å². The number of benzene rings is 3. The maximum atomic E-state index is 13.7. The third kappa shape index (κ3) is 6.85. The zero-order chi connectivity index (χ0) is 27.8. The molecular formula is C29H29N3O6S. The summed E-state index contributed by atoms with van der Waals surface area (Å²) in [5, 5.41) is 2.58. The van der Waals surface area contributed by atoms with E-state index in [0.717, 1.165) is 5.56 Å². The van der Waals surface area contributed by atoms with E-state index in [1.54, 1.807) is 55.6 Å². The number of hydrogen-bond acceptors (Lipinski definition) is 6. The predicted molar refractivity (Wildman–Crippen MR) is 148 cm³/mol. The van der Waals surface area contributed by atoms with Crippen LogP contribution in [0.2, 0.25) is 0 Å². The van der Waals surface area contributed by atoms with Gasteiger partial charge in [-0.1, -0.05) is 42.5 Å². The Balaban J connectivity index is 1.55. The van der Waals surface area contributed by atoms with Gasteiger partial charge in [0.05, 0.1) is 18.3 Å². The first-order valence-corrected chi connectivity index (χ1v) is 13.8. The van der Waals surface area contributed by atoms with Gasteiger partial charge < -0.3 is 19.4 Å². The SMILES string of the molecule is CCN(C(=O)[C@H](Cc1ccccc1)NC(=O)NS(=O)(=O)c1cccc(-c2ccco2)c1)c1ccc(OC)cc1. The molecule has 2 N–H and O–H groups in total. The summed E-state index contributed by atoms with van der Waals surface area (Å²) in [7, 11) is -2.69. The van der Waals surface area contributed by atoms with Crippen molar-refractivity contribution >= 4 is 27.6 Å². The third-order valence-electron chi connectivity index (χ3n) is 6.03. The Bertz CT molecular complexity index is 1500. The summed E-state index contributed by atoms with van der Waals surface area (Å²) in [6, 6.07) is 23.5. The van der Waals surface area contributed by atoms with E-state index in [0.29, 0.717) is 29.3 Å². The Labute approximate surface area is 227 Å². The second-order valence-electron chi connectivity index (χ2n) is 8.61. The third-order valence-corrected chi connectivity index (χ3v) is 7.36. The Hall–Kier alpha value is -4.57. The lowest BCUT2D eigenvalue weighted by Crippen LogP contribution is -2.53. The number of hydrogen-bond donors (Lipinski definition) is 2. The van der Waals surface area contributed by atoms with Gasteiger partial charge in [-0.15, -0.1) is 0 Å². The van der Waals surface area contributed by atoms with Crippen molar-refractivity contribution in [1.82, 2.24) is 10.0 Å². The van der Waals surface area contributed by atoms with E-state index in [-0.39, 0.29) is 17.2 Å². The molecule has 202 valence electrons. The van der Waals surface area contributed by atoms with Gasteiger partial charge in [0.15, 0.2) is 0 Å². The lowest BCUT2D eigenvalue weighted by Gasteiger charge is -2.27. The first-order chi connectivity index (χ1) is 18.8. The summed E-state index contributed by atoms with van der Waals surface area (Å²) in [4.78, 5) is 28.1. The van der Waals surface area contributed by atoms with Crippen molar-refractivity contribution < 1.29 is 27.2 Å². The Kier molecular flexibility index (Phi) is 8.67. The van der Waals surface area contributed by atoms with Crippen molar-refractivity contribution in [2.24, 2.45) is 0 Å². The second-order valence-corrected chi connectivity index (χ2v) is 10.3. The number of methoxy groups -OCH3 is 1. The van der Waals surface area contributed by atoms with E-state index in [1.165, 1.54) is 23.3 Å². The Morgan fingerprint density at radius 3 is 2.33 bits per heavy atom. The van der Waals surface area contributed by atoms with Crippen molar-refractivity contribution in [3.05, 3.63) is 103 Å². The average Bonchev–Trinajstić information content (AvgIpc) is 3.49. The highest BCUT2D eigenvalue weighted by Gasteiger charge is 2.28. The Morgan fingerprint density at radius 2 is 1.69 bits per heavy atom. The molecule has 4 rings (SSSR count). The minimum atomic E-state index is -4.25. The van der Waals surface area contributed by atoms with Crippen LogP contribution in [0.4, 0.5) is 10.5 Å². The van der Waals surface area contributed by atoms with Gasteiger partial charge in [0.1, 0.15) is 17.6 Å². The summed E-state index contributed by atoms with van der Waals surface area (Å²) in [6.45, 7) is 2.15. The van der Waals surface area contributed by atoms with E-state index in [1.807, 2.05) is 42.0 Å². The molecule has 1 atom stereocenters. The number of urea groups is 1. The standard InChI is InChI=1S/C29H29N3O6S/c1-3-32(23-14-16-24(37-2)17-15-23)28(33)26(19-21-9-5-4-6-10-21)30-29(34)31-39(35,36)25-12-7-11-22(20-25)27-13-8-18-38-27/h4-18,20,26H,3,19H2,1-2H3,(H2,30,31,34)/t26-/m0/s1. The van der Waals surface area contributed by atoms with Crippen LogP contribution in [0.5, 0.6) is 5.75 Å². The molecular weight excluding hydrogens is 518 g/mol. The zero-order valence-corrected chi connectivity index (χ0v) is 22.4. The van der Waals surface area contributed by atoms with Crippen LogP contribution in [0.25, 0.3) is 11.3 Å². The number of amides is 3. The summed E-state index contributed by atoms with van der Waals surface area (Å²) >= 11 is 0. The largest absolute Gasteiger partial charge is 0.497 e. The predicted octanol–water partition coefficient (Wildman–Crippen LogP) is 4.61. The number of anilines is 1. The van der Waals surface area contributed by atoms with Crippen LogP contribution in [0, 0.1) is 0 Å². The maximum Gasteiger partial charge on any atom is 0.329 e. The summed E-state index contributed by atoms with van der Waals surface area (Å²) < 4.78 is 38.6. The van der Waals surface area contributed by atoms with E-state index < -0.39 is 22.1 Å².